The van der Waals surface area contributed by atoms with Crippen LogP contribution in [0.4, 0.5) is 15.6 Å². The molecule has 0 saturated carbocycles. The Kier molecular flexibility index (Phi) is 6.89. The van der Waals surface area contributed by atoms with Crippen LogP contribution in [-0.4, -0.2) is 22.6 Å². The van der Waals surface area contributed by atoms with Gasteiger partial charge in [0.15, 0.2) is 5.13 Å². The molecule has 2 amide bonds. The summed E-state index contributed by atoms with van der Waals surface area (Å²) in [5.74, 6) is 1.06. The fourth-order valence-electron chi connectivity index (χ4n) is 2.25. The van der Waals surface area contributed by atoms with Gasteiger partial charge in [0.25, 0.3) is 0 Å². The zero-order valence-corrected chi connectivity index (χ0v) is 17.6. The first-order valence-electron chi connectivity index (χ1n) is 8.85. The summed E-state index contributed by atoms with van der Waals surface area (Å²) in [5.41, 5.74) is 1.70. The smallest absolute Gasteiger partial charge is 0.325 e. The number of rotatable bonds is 7. The summed E-state index contributed by atoms with van der Waals surface area (Å²) in [7, 11) is 0. The number of benzene rings is 1. The molecule has 2 heterocycles. The lowest BCUT2D eigenvalue weighted by Crippen LogP contribution is -2.20. The quantitative estimate of drug-likeness (QED) is 0.520. The van der Waals surface area contributed by atoms with Crippen LogP contribution in [0.25, 0.3) is 0 Å². The number of hydrogen-bond donors (Lipinski definition) is 2. The molecule has 2 N–H and O–H groups in total. The average molecular weight is 415 g/mol. The molecule has 0 bridgehead atoms. The van der Waals surface area contributed by atoms with Gasteiger partial charge in [0.05, 0.1) is 22.7 Å². The Bertz CT molecular complexity index is 929. The van der Waals surface area contributed by atoms with Gasteiger partial charge in [-0.15, -0.1) is 0 Å². The summed E-state index contributed by atoms with van der Waals surface area (Å²) in [6, 6.07) is 9.21. The number of aryl methyl sites for hydroxylation is 1. The monoisotopic (exact) mass is 414 g/mol. The molecule has 3 aromatic rings. The molecule has 0 atom stereocenters. The summed E-state index contributed by atoms with van der Waals surface area (Å²) >= 11 is 2.99. The van der Waals surface area contributed by atoms with Crippen molar-refractivity contribution in [3.63, 3.8) is 0 Å². The predicted octanol–water partition coefficient (Wildman–Crippen LogP) is 5.68. The zero-order chi connectivity index (χ0) is 19.9. The van der Waals surface area contributed by atoms with Gasteiger partial charge in [0.1, 0.15) is 5.75 Å². The Morgan fingerprint density at radius 3 is 2.75 bits per heavy atom. The van der Waals surface area contributed by atoms with Gasteiger partial charge >= 0.3 is 6.03 Å². The van der Waals surface area contributed by atoms with Crippen molar-refractivity contribution in [3.05, 3.63) is 54.5 Å². The maximum atomic E-state index is 12.4. The Labute approximate surface area is 172 Å². The van der Waals surface area contributed by atoms with Crippen LogP contribution in [0.2, 0.25) is 0 Å². The SMILES string of the molecule is Cc1ccc(NC(=O)Nc2ncc(Sc3ccncc3)s2)c(OCC(C)C)c1. The Morgan fingerprint density at radius 1 is 1.21 bits per heavy atom. The Hall–Kier alpha value is -2.58. The largest absolute Gasteiger partial charge is 0.491 e. The molecule has 0 spiro atoms. The number of nitrogens with zero attached hydrogens (tertiary/aromatic N) is 2. The van der Waals surface area contributed by atoms with Crippen molar-refractivity contribution in [1.29, 1.82) is 0 Å². The highest BCUT2D eigenvalue weighted by atomic mass is 32.2. The molecule has 0 aliphatic rings. The van der Waals surface area contributed by atoms with E-state index in [1.165, 1.54) is 11.3 Å². The summed E-state index contributed by atoms with van der Waals surface area (Å²) in [6.45, 7) is 6.74. The van der Waals surface area contributed by atoms with Crippen molar-refractivity contribution in [2.75, 3.05) is 17.2 Å². The number of nitrogens with one attached hydrogen (secondary N) is 2. The highest BCUT2D eigenvalue weighted by Gasteiger charge is 2.11. The van der Waals surface area contributed by atoms with E-state index in [2.05, 4.69) is 34.4 Å². The van der Waals surface area contributed by atoms with Gasteiger partial charge in [-0.3, -0.25) is 10.3 Å². The number of amides is 2. The second-order valence-corrected chi connectivity index (χ2v) is 8.96. The van der Waals surface area contributed by atoms with E-state index in [0.717, 1.165) is 14.7 Å². The Balaban J connectivity index is 1.61. The van der Waals surface area contributed by atoms with Crippen LogP contribution in [0.5, 0.6) is 5.75 Å². The zero-order valence-electron chi connectivity index (χ0n) is 15.9. The lowest BCUT2D eigenvalue weighted by molar-refractivity contribution is 0.260. The molecule has 8 heteroatoms. The van der Waals surface area contributed by atoms with E-state index in [1.54, 1.807) is 30.4 Å². The fraction of sp³-hybridized carbons (Fsp3) is 0.250. The first-order valence-corrected chi connectivity index (χ1v) is 10.5. The molecule has 2 aromatic heterocycles. The second-order valence-electron chi connectivity index (χ2n) is 6.55. The molecule has 28 heavy (non-hydrogen) atoms. The van der Waals surface area contributed by atoms with Crippen molar-refractivity contribution in [1.82, 2.24) is 9.97 Å². The second kappa shape index (κ2) is 9.57. The van der Waals surface area contributed by atoms with Crippen LogP contribution in [0.1, 0.15) is 19.4 Å². The highest BCUT2D eigenvalue weighted by Crippen LogP contribution is 2.33. The molecule has 1 aromatic carbocycles. The van der Waals surface area contributed by atoms with E-state index in [-0.39, 0.29) is 6.03 Å². The Morgan fingerprint density at radius 2 is 2.00 bits per heavy atom. The van der Waals surface area contributed by atoms with Crippen LogP contribution in [0.3, 0.4) is 0 Å². The average Bonchev–Trinajstić information content (AvgIpc) is 3.09. The van der Waals surface area contributed by atoms with Crippen LogP contribution >= 0.6 is 23.1 Å². The number of thiazole rings is 1. The standard InChI is InChI=1S/C20H22N4O2S2/c1-13(2)12-26-17-10-14(3)4-5-16(17)23-19(25)24-20-22-11-18(28-20)27-15-6-8-21-9-7-15/h4-11,13H,12H2,1-3H3,(H2,22,23,24,25). The molecular formula is C20H22N4O2S2. The summed E-state index contributed by atoms with van der Waals surface area (Å²) in [4.78, 5) is 21.7. The van der Waals surface area contributed by atoms with Crippen molar-refractivity contribution in [2.45, 2.75) is 29.9 Å². The van der Waals surface area contributed by atoms with Gasteiger partial charge in [-0.2, -0.15) is 0 Å². The van der Waals surface area contributed by atoms with E-state index >= 15 is 0 Å². The van der Waals surface area contributed by atoms with Gasteiger partial charge in [-0.05, 0) is 42.7 Å². The fourth-order valence-corrected chi connectivity index (χ4v) is 4.08. The number of carbonyl (C=O) groups is 1. The third kappa shape index (κ3) is 5.97. The van der Waals surface area contributed by atoms with Crippen molar-refractivity contribution < 1.29 is 9.53 Å². The highest BCUT2D eigenvalue weighted by molar-refractivity contribution is 8.01. The summed E-state index contributed by atoms with van der Waals surface area (Å²) < 4.78 is 6.82. The minimum absolute atomic E-state index is 0.354. The molecule has 0 unspecified atom stereocenters. The number of ether oxygens (including phenoxy) is 1. The third-order valence-electron chi connectivity index (χ3n) is 3.53. The summed E-state index contributed by atoms with van der Waals surface area (Å²) in [6.07, 6.45) is 5.24. The van der Waals surface area contributed by atoms with E-state index in [1.807, 2.05) is 37.3 Å². The maximum absolute atomic E-state index is 12.4. The molecule has 3 rings (SSSR count). The minimum atomic E-state index is -0.354. The number of anilines is 2. The first-order chi connectivity index (χ1) is 13.5. The maximum Gasteiger partial charge on any atom is 0.325 e. The number of hydrogen-bond acceptors (Lipinski definition) is 6. The van der Waals surface area contributed by atoms with Crippen molar-refractivity contribution in [3.8, 4) is 5.75 Å². The molecular weight excluding hydrogens is 392 g/mol. The molecule has 0 saturated heterocycles. The van der Waals surface area contributed by atoms with E-state index < -0.39 is 0 Å². The van der Waals surface area contributed by atoms with Gasteiger partial charge in [-0.25, -0.2) is 9.78 Å². The number of urea groups is 1. The molecule has 0 fully saturated rings. The van der Waals surface area contributed by atoms with Crippen LogP contribution in [0, 0.1) is 12.8 Å². The predicted molar refractivity (Wildman–Crippen MR) is 115 cm³/mol. The van der Waals surface area contributed by atoms with Crippen molar-refractivity contribution >= 4 is 39.9 Å². The van der Waals surface area contributed by atoms with Gasteiger partial charge < -0.3 is 10.1 Å². The lowest BCUT2D eigenvalue weighted by atomic mass is 10.2. The normalized spacial score (nSPS) is 10.7. The molecule has 0 aliphatic carbocycles. The van der Waals surface area contributed by atoms with Gasteiger partial charge in [0.2, 0.25) is 0 Å². The first kappa shape index (κ1) is 20.2. The van der Waals surface area contributed by atoms with E-state index in [4.69, 9.17) is 4.74 Å². The number of aromatic nitrogens is 2. The molecule has 6 nitrogen and oxygen atoms in total. The van der Waals surface area contributed by atoms with Crippen molar-refractivity contribution in [2.24, 2.45) is 5.92 Å². The van der Waals surface area contributed by atoms with E-state index in [0.29, 0.717) is 29.1 Å². The molecule has 0 aliphatic heterocycles. The molecule has 146 valence electrons. The van der Waals surface area contributed by atoms with Crippen LogP contribution in [-0.2, 0) is 0 Å². The molecule has 0 radical (unpaired) electrons. The van der Waals surface area contributed by atoms with Crippen LogP contribution < -0.4 is 15.4 Å². The number of pyridine rings is 1. The number of carbonyl (C=O) groups excluding carboxylic acids is 1. The van der Waals surface area contributed by atoms with Gasteiger partial charge in [0, 0.05) is 17.3 Å². The lowest BCUT2D eigenvalue weighted by Gasteiger charge is -2.14. The summed E-state index contributed by atoms with van der Waals surface area (Å²) in [5, 5.41) is 6.16. The minimum Gasteiger partial charge on any atom is -0.491 e. The third-order valence-corrected chi connectivity index (χ3v) is 5.55. The van der Waals surface area contributed by atoms with E-state index in [9.17, 15) is 4.79 Å². The van der Waals surface area contributed by atoms with Crippen LogP contribution in [0.15, 0.2) is 58.0 Å². The van der Waals surface area contributed by atoms with Gasteiger partial charge in [-0.1, -0.05) is 43.0 Å². The topological polar surface area (TPSA) is 76.1 Å².